The number of piperidine rings is 1. The van der Waals surface area contributed by atoms with Crippen LogP contribution in [0.3, 0.4) is 0 Å². The average molecular weight is 228 g/mol. The molecule has 1 heterocycles. The summed E-state index contributed by atoms with van der Waals surface area (Å²) in [5.74, 6) is 0.523. The molecule has 1 fully saturated rings. The van der Waals surface area contributed by atoms with Crippen LogP contribution in [0, 0.1) is 5.92 Å². The van der Waals surface area contributed by atoms with E-state index >= 15 is 0 Å². The van der Waals surface area contributed by atoms with E-state index in [4.69, 9.17) is 10.5 Å². The lowest BCUT2D eigenvalue weighted by Crippen LogP contribution is -2.45. The Morgan fingerprint density at radius 1 is 1.56 bits per heavy atom. The molecule has 0 aromatic heterocycles. The smallest absolute Gasteiger partial charge is 0.224 e. The minimum Gasteiger partial charge on any atom is -0.380 e. The van der Waals surface area contributed by atoms with Gasteiger partial charge in [0.1, 0.15) is 0 Å². The Labute approximate surface area is 98.1 Å². The van der Waals surface area contributed by atoms with Crippen LogP contribution in [0.15, 0.2) is 0 Å². The van der Waals surface area contributed by atoms with Gasteiger partial charge >= 0.3 is 0 Å². The van der Waals surface area contributed by atoms with E-state index in [1.807, 2.05) is 18.7 Å². The standard InChI is InChI=1S/C12H24N2O2/c1-9(2)11(13)7-12(15)14-6-4-5-10(8-14)16-3/h9-11H,4-8,13H2,1-3H3. The Morgan fingerprint density at radius 3 is 2.81 bits per heavy atom. The van der Waals surface area contributed by atoms with Gasteiger partial charge in [-0.15, -0.1) is 0 Å². The second-order valence-corrected chi connectivity index (χ2v) is 4.95. The molecule has 1 aliphatic heterocycles. The molecule has 0 saturated carbocycles. The van der Waals surface area contributed by atoms with Gasteiger partial charge in [0.05, 0.1) is 6.10 Å². The van der Waals surface area contributed by atoms with Crippen molar-refractivity contribution in [1.82, 2.24) is 4.90 Å². The van der Waals surface area contributed by atoms with Gasteiger partial charge in [0, 0.05) is 32.7 Å². The van der Waals surface area contributed by atoms with E-state index in [2.05, 4.69) is 0 Å². The lowest BCUT2D eigenvalue weighted by atomic mass is 10.0. The monoisotopic (exact) mass is 228 g/mol. The van der Waals surface area contributed by atoms with Crippen LogP contribution in [0.4, 0.5) is 0 Å². The van der Waals surface area contributed by atoms with Gasteiger partial charge in [-0.1, -0.05) is 13.8 Å². The van der Waals surface area contributed by atoms with Crippen molar-refractivity contribution in [2.24, 2.45) is 11.7 Å². The van der Waals surface area contributed by atoms with E-state index < -0.39 is 0 Å². The number of hydrogen-bond donors (Lipinski definition) is 1. The summed E-state index contributed by atoms with van der Waals surface area (Å²) in [4.78, 5) is 13.9. The molecule has 16 heavy (non-hydrogen) atoms. The second kappa shape index (κ2) is 6.21. The molecule has 94 valence electrons. The molecule has 4 nitrogen and oxygen atoms in total. The number of rotatable bonds is 4. The Kier molecular flexibility index (Phi) is 5.22. The van der Waals surface area contributed by atoms with Gasteiger partial charge in [0.25, 0.3) is 0 Å². The summed E-state index contributed by atoms with van der Waals surface area (Å²) < 4.78 is 5.30. The van der Waals surface area contributed by atoms with E-state index in [9.17, 15) is 4.79 Å². The summed E-state index contributed by atoms with van der Waals surface area (Å²) in [5, 5.41) is 0. The summed E-state index contributed by atoms with van der Waals surface area (Å²) in [6.45, 7) is 5.67. The summed E-state index contributed by atoms with van der Waals surface area (Å²) in [6.07, 6.45) is 2.74. The molecule has 0 bridgehead atoms. The van der Waals surface area contributed by atoms with Gasteiger partial charge in [-0.25, -0.2) is 0 Å². The third kappa shape index (κ3) is 3.76. The van der Waals surface area contributed by atoms with Gasteiger partial charge in [0.15, 0.2) is 0 Å². The molecule has 0 spiro atoms. The Hall–Kier alpha value is -0.610. The molecule has 0 aromatic carbocycles. The normalized spacial score (nSPS) is 23.6. The zero-order valence-corrected chi connectivity index (χ0v) is 10.6. The Bertz CT molecular complexity index is 231. The summed E-state index contributed by atoms with van der Waals surface area (Å²) in [7, 11) is 1.71. The lowest BCUT2D eigenvalue weighted by Gasteiger charge is -2.33. The highest BCUT2D eigenvalue weighted by Gasteiger charge is 2.24. The highest BCUT2D eigenvalue weighted by molar-refractivity contribution is 5.77. The van der Waals surface area contributed by atoms with Gasteiger partial charge in [-0.05, 0) is 18.8 Å². The van der Waals surface area contributed by atoms with Crippen molar-refractivity contribution in [1.29, 1.82) is 0 Å². The first-order valence-electron chi connectivity index (χ1n) is 6.10. The first-order valence-corrected chi connectivity index (χ1v) is 6.10. The SMILES string of the molecule is COC1CCCN(C(=O)CC(N)C(C)C)C1. The first kappa shape index (κ1) is 13.5. The van der Waals surface area contributed by atoms with Crippen molar-refractivity contribution in [3.63, 3.8) is 0 Å². The highest BCUT2D eigenvalue weighted by atomic mass is 16.5. The average Bonchev–Trinajstić information content (AvgIpc) is 2.28. The molecule has 1 aliphatic rings. The third-order valence-corrected chi connectivity index (χ3v) is 3.33. The fourth-order valence-electron chi connectivity index (χ4n) is 1.92. The molecule has 2 unspecified atom stereocenters. The van der Waals surface area contributed by atoms with Crippen molar-refractivity contribution in [3.8, 4) is 0 Å². The van der Waals surface area contributed by atoms with Gasteiger partial charge in [0.2, 0.25) is 5.91 Å². The number of methoxy groups -OCH3 is 1. The third-order valence-electron chi connectivity index (χ3n) is 3.33. The van der Waals surface area contributed by atoms with Crippen LogP contribution >= 0.6 is 0 Å². The van der Waals surface area contributed by atoms with Crippen LogP contribution in [0.25, 0.3) is 0 Å². The molecule has 0 aliphatic carbocycles. The van der Waals surface area contributed by atoms with E-state index in [-0.39, 0.29) is 18.1 Å². The van der Waals surface area contributed by atoms with Crippen molar-refractivity contribution >= 4 is 5.91 Å². The van der Waals surface area contributed by atoms with E-state index in [1.165, 1.54) is 0 Å². The Morgan fingerprint density at radius 2 is 2.25 bits per heavy atom. The maximum Gasteiger partial charge on any atom is 0.224 e. The van der Waals surface area contributed by atoms with E-state index in [0.717, 1.165) is 25.9 Å². The summed E-state index contributed by atoms with van der Waals surface area (Å²) in [5.41, 5.74) is 5.91. The quantitative estimate of drug-likeness (QED) is 0.781. The van der Waals surface area contributed by atoms with Gasteiger partial charge in [-0.2, -0.15) is 0 Å². The molecule has 2 atom stereocenters. The second-order valence-electron chi connectivity index (χ2n) is 4.95. The molecule has 1 rings (SSSR count). The molecule has 1 amide bonds. The Balaban J connectivity index is 2.41. The number of carbonyl (C=O) groups is 1. The number of carbonyl (C=O) groups excluding carboxylic acids is 1. The molecule has 2 N–H and O–H groups in total. The van der Waals surface area contributed by atoms with Gasteiger partial charge in [-0.3, -0.25) is 4.79 Å². The van der Waals surface area contributed by atoms with Crippen LogP contribution in [-0.2, 0) is 9.53 Å². The van der Waals surface area contributed by atoms with Crippen LogP contribution < -0.4 is 5.73 Å². The molecule has 4 heteroatoms. The fraction of sp³-hybridized carbons (Fsp3) is 0.917. The van der Waals surface area contributed by atoms with Crippen LogP contribution in [-0.4, -0.2) is 43.2 Å². The summed E-state index contributed by atoms with van der Waals surface area (Å²) in [6, 6.07) is -0.0320. The summed E-state index contributed by atoms with van der Waals surface area (Å²) >= 11 is 0. The molecular weight excluding hydrogens is 204 g/mol. The number of nitrogens with zero attached hydrogens (tertiary/aromatic N) is 1. The predicted molar refractivity (Wildman–Crippen MR) is 64.0 cm³/mol. The lowest BCUT2D eigenvalue weighted by molar-refractivity contribution is -0.135. The number of ether oxygens (including phenoxy) is 1. The van der Waals surface area contributed by atoms with E-state index in [0.29, 0.717) is 12.3 Å². The van der Waals surface area contributed by atoms with E-state index in [1.54, 1.807) is 7.11 Å². The van der Waals surface area contributed by atoms with Crippen LogP contribution in [0.2, 0.25) is 0 Å². The number of nitrogens with two attached hydrogens (primary N) is 1. The largest absolute Gasteiger partial charge is 0.380 e. The zero-order chi connectivity index (χ0) is 12.1. The van der Waals surface area contributed by atoms with Crippen molar-refractivity contribution in [2.45, 2.75) is 45.3 Å². The minimum atomic E-state index is -0.0320. The molecule has 0 radical (unpaired) electrons. The van der Waals surface area contributed by atoms with Gasteiger partial charge < -0.3 is 15.4 Å². The van der Waals surface area contributed by atoms with Crippen LogP contribution in [0.1, 0.15) is 33.1 Å². The van der Waals surface area contributed by atoms with Crippen molar-refractivity contribution in [3.05, 3.63) is 0 Å². The zero-order valence-electron chi connectivity index (χ0n) is 10.6. The number of likely N-dealkylation sites (tertiary alicyclic amines) is 1. The number of amides is 1. The molecular formula is C12H24N2O2. The number of hydrogen-bond acceptors (Lipinski definition) is 3. The maximum atomic E-state index is 12.0. The topological polar surface area (TPSA) is 55.6 Å². The predicted octanol–water partition coefficient (Wildman–Crippen LogP) is 0.997. The first-order chi connectivity index (χ1) is 7.54. The molecule has 0 aromatic rings. The fourth-order valence-corrected chi connectivity index (χ4v) is 1.92. The minimum absolute atomic E-state index is 0.0320. The van der Waals surface area contributed by atoms with Crippen LogP contribution in [0.5, 0.6) is 0 Å². The molecule has 1 saturated heterocycles. The highest BCUT2D eigenvalue weighted by Crippen LogP contribution is 2.14. The van der Waals surface area contributed by atoms with Crippen molar-refractivity contribution < 1.29 is 9.53 Å². The maximum absolute atomic E-state index is 12.0. The van der Waals surface area contributed by atoms with Crippen molar-refractivity contribution in [2.75, 3.05) is 20.2 Å².